The first-order valence-electron chi connectivity index (χ1n) is 3.70. The van der Waals surface area contributed by atoms with Crippen molar-refractivity contribution in [2.24, 2.45) is 0 Å². The molecule has 0 heterocycles. The summed E-state index contributed by atoms with van der Waals surface area (Å²) in [5, 5.41) is 85.5. The monoisotopic (exact) mass is 370 g/mol. The van der Waals surface area contributed by atoms with Gasteiger partial charge in [-0.1, -0.05) is 0 Å². The molecule has 23 nitrogen and oxygen atoms in total. The summed E-state index contributed by atoms with van der Waals surface area (Å²) in [6.45, 7) is 0. The lowest BCUT2D eigenvalue weighted by Gasteiger charge is -1.98. The lowest BCUT2D eigenvalue weighted by atomic mass is 14.0. The van der Waals surface area contributed by atoms with Gasteiger partial charge in [-0.3, -0.25) is 0 Å². The van der Waals surface area contributed by atoms with E-state index in [9.17, 15) is 0 Å². The minimum absolute atomic E-state index is 2.87. The maximum atomic E-state index is 7.50. The molecule has 0 aromatic carbocycles. The molecule has 0 aliphatic heterocycles. The average Bonchev–Trinajstić information content (AvgIpc) is 2.57. The largest absolute Gasteiger partial charge is 0.219 e. The summed E-state index contributed by atoms with van der Waals surface area (Å²) in [6, 6.07) is 0. The van der Waals surface area contributed by atoms with Crippen LogP contribution in [-0.4, -0.2) is 10.5 Å². The van der Waals surface area contributed by atoms with Crippen LogP contribution in [-0.2, 0) is 106 Å². The molecule has 0 bridgehead atoms. The van der Waals surface area contributed by atoms with Crippen LogP contribution in [0.3, 0.4) is 0 Å². The molecule has 0 spiro atoms. The van der Waals surface area contributed by atoms with Gasteiger partial charge in [0.15, 0.2) is 0 Å². The van der Waals surface area contributed by atoms with Gasteiger partial charge in [-0.2, -0.15) is 0 Å². The molecule has 0 radical (unpaired) electrons. The van der Waals surface area contributed by atoms with Gasteiger partial charge in [-0.05, 0) is 80.6 Å². The van der Waals surface area contributed by atoms with Gasteiger partial charge in [0.2, 0.25) is 0 Å². The summed E-state index contributed by atoms with van der Waals surface area (Å²) >= 11 is 0. The van der Waals surface area contributed by atoms with Gasteiger partial charge >= 0.3 is 0 Å². The quantitative estimate of drug-likeness (QED) is 0.142. The van der Waals surface area contributed by atoms with Crippen LogP contribution in [0.1, 0.15) is 0 Å². The molecule has 0 saturated carbocycles. The minimum Gasteiger partial charge on any atom is -0.219 e. The first-order chi connectivity index (χ1) is 11.4. The van der Waals surface area contributed by atoms with Crippen molar-refractivity contribution in [2.75, 3.05) is 0 Å². The highest BCUT2D eigenvalue weighted by molar-refractivity contribution is 3.08. The lowest BCUT2D eigenvalue weighted by molar-refractivity contribution is -0.898. The Morgan fingerprint density at radius 3 is 0.478 bits per heavy atom. The summed E-state index contributed by atoms with van der Waals surface area (Å²) in [6.07, 6.45) is 0. The van der Waals surface area contributed by atoms with Gasteiger partial charge in [-0.15, -0.1) is 0 Å². The van der Waals surface area contributed by atoms with Crippen LogP contribution in [0.25, 0.3) is 0 Å². The first-order valence-corrected chi connectivity index (χ1v) is 3.70. The zero-order valence-electron chi connectivity index (χ0n) is 9.47. The number of hydrogen-bond acceptors (Lipinski definition) is 23. The van der Waals surface area contributed by atoms with Gasteiger partial charge in [-0.25, -0.2) is 10.5 Å². The predicted octanol–water partition coefficient (Wildman–Crippen LogP) is -1.42. The van der Waals surface area contributed by atoms with Crippen LogP contribution in [0, 0.1) is 0 Å². The zero-order chi connectivity index (χ0) is 16.8. The van der Waals surface area contributed by atoms with Crippen molar-refractivity contribution < 1.29 is 116 Å². The highest BCUT2D eigenvalue weighted by atomic mass is 18.0. The van der Waals surface area contributed by atoms with E-state index >= 15 is 0 Å². The van der Waals surface area contributed by atoms with Crippen LogP contribution in [0.4, 0.5) is 0 Å². The Balaban J connectivity index is 2.92. The van der Waals surface area contributed by atoms with Crippen LogP contribution >= 0.6 is 0 Å². The standard InChI is InChI=1S/H2O23/c1-3-5-7-9-11-13-15-17-19-21-23-22-20-18-16-14-12-10-8-6-4-2/h1-2H. The summed E-state index contributed by atoms with van der Waals surface area (Å²) < 4.78 is 0. The SMILES string of the molecule is OOOOOOOOOOOOOOOOOOOOOOO. The van der Waals surface area contributed by atoms with Gasteiger partial charge < -0.3 is 0 Å². The fraction of sp³-hybridized carbons (Fsp3) is 0. The summed E-state index contributed by atoms with van der Waals surface area (Å²) in [7, 11) is 0. The molecule has 0 saturated heterocycles. The van der Waals surface area contributed by atoms with E-state index in [0.29, 0.717) is 0 Å². The van der Waals surface area contributed by atoms with Gasteiger partial charge in [0, 0.05) is 25.2 Å². The Morgan fingerprint density at radius 2 is 0.348 bits per heavy atom. The van der Waals surface area contributed by atoms with E-state index in [4.69, 9.17) is 10.5 Å². The Kier molecular flexibility index (Phi) is 20.2. The number of hydrogen-bond donors (Lipinski definition) is 2. The Labute approximate surface area is 118 Å². The molecule has 0 fully saturated rings. The zero-order valence-corrected chi connectivity index (χ0v) is 9.47. The van der Waals surface area contributed by atoms with Crippen molar-refractivity contribution in [3.05, 3.63) is 0 Å². The van der Waals surface area contributed by atoms with E-state index in [1.54, 1.807) is 0 Å². The molecule has 0 aromatic rings. The molecule has 23 heteroatoms. The Bertz CT molecular complexity index is 164. The fourth-order valence-electron chi connectivity index (χ4n) is 0.218. The second-order valence-electron chi connectivity index (χ2n) is 1.44. The molecule has 23 heavy (non-hydrogen) atoms. The molecule has 140 valence electrons. The second kappa shape index (κ2) is 21.1. The molecule has 0 amide bonds. The molecular weight excluding hydrogens is 368 g/mol. The summed E-state index contributed by atoms with van der Waals surface area (Å²) in [4.78, 5) is 0. The molecule has 0 aromatic heterocycles. The van der Waals surface area contributed by atoms with Crippen molar-refractivity contribution in [1.82, 2.24) is 0 Å². The van der Waals surface area contributed by atoms with E-state index < -0.39 is 0 Å². The third kappa shape index (κ3) is 21.1. The molecule has 0 aliphatic carbocycles. The Morgan fingerprint density at radius 1 is 0.217 bits per heavy atom. The Hall–Kier alpha value is -0.920. The van der Waals surface area contributed by atoms with Crippen molar-refractivity contribution in [1.29, 1.82) is 0 Å². The molecular formula is H2O23. The second-order valence-corrected chi connectivity index (χ2v) is 1.44. The highest BCUT2D eigenvalue weighted by Gasteiger charge is 2.00. The smallest absolute Gasteiger partial charge is 0 e. The van der Waals surface area contributed by atoms with E-state index in [-0.39, 0.29) is 0 Å². The first kappa shape index (κ1) is 22.1. The molecule has 0 unspecified atom stereocenters. The van der Waals surface area contributed by atoms with E-state index in [1.165, 1.54) is 0 Å². The normalized spacial score (nSPS) is 11.2. The highest BCUT2D eigenvalue weighted by Crippen LogP contribution is 1.93. The number of rotatable bonds is 20. The fourth-order valence-corrected chi connectivity index (χ4v) is 0.218. The van der Waals surface area contributed by atoms with Crippen LogP contribution < -0.4 is 0 Å². The third-order valence-electron chi connectivity index (χ3n) is 0.561. The molecule has 0 aliphatic rings. The van der Waals surface area contributed by atoms with Gasteiger partial charge in [0.05, 0.1) is 0 Å². The third-order valence-corrected chi connectivity index (χ3v) is 0.561. The predicted molar refractivity (Wildman–Crippen MR) is 28.0 cm³/mol. The van der Waals surface area contributed by atoms with Crippen molar-refractivity contribution in [3.63, 3.8) is 0 Å². The van der Waals surface area contributed by atoms with E-state index in [0.717, 1.165) is 0 Å². The molecule has 2 N–H and O–H groups in total. The van der Waals surface area contributed by atoms with Crippen LogP contribution in [0.15, 0.2) is 0 Å². The van der Waals surface area contributed by atoms with Crippen LogP contribution in [0.5, 0.6) is 0 Å². The molecule has 0 rings (SSSR count). The van der Waals surface area contributed by atoms with Gasteiger partial charge in [0.1, 0.15) is 0 Å². The summed E-state index contributed by atoms with van der Waals surface area (Å²) in [5.41, 5.74) is 0. The van der Waals surface area contributed by atoms with E-state index in [1.807, 2.05) is 0 Å². The molecule has 0 atom stereocenters. The van der Waals surface area contributed by atoms with E-state index in [2.05, 4.69) is 106 Å². The van der Waals surface area contributed by atoms with Crippen molar-refractivity contribution in [3.8, 4) is 0 Å². The van der Waals surface area contributed by atoms with Crippen LogP contribution in [0.2, 0.25) is 0 Å². The lowest BCUT2D eigenvalue weighted by Crippen LogP contribution is -2.05. The van der Waals surface area contributed by atoms with Crippen molar-refractivity contribution in [2.45, 2.75) is 0 Å². The topological polar surface area (TPSA) is 234 Å². The average molecular weight is 370 g/mol. The van der Waals surface area contributed by atoms with Crippen molar-refractivity contribution >= 4 is 0 Å². The summed E-state index contributed by atoms with van der Waals surface area (Å²) in [5.74, 6) is 0. The maximum absolute atomic E-state index is 7.50. The van der Waals surface area contributed by atoms with Gasteiger partial charge in [0.25, 0.3) is 0 Å². The maximum Gasteiger partial charge on any atom is 0 e. The minimum atomic E-state index is 2.87.